The number of fused-ring (bicyclic) bond motifs is 1. The average Bonchev–Trinajstić information content (AvgIpc) is 3.20. The van der Waals surface area contributed by atoms with E-state index >= 15 is 0 Å². The molecule has 0 aliphatic rings. The van der Waals surface area contributed by atoms with E-state index in [1.54, 1.807) is 6.26 Å². The molecule has 0 radical (unpaired) electrons. The van der Waals surface area contributed by atoms with E-state index in [2.05, 4.69) is 5.32 Å². The highest BCUT2D eigenvalue weighted by Crippen LogP contribution is 2.29. The van der Waals surface area contributed by atoms with Crippen molar-refractivity contribution in [3.8, 4) is 11.3 Å². The first-order valence-corrected chi connectivity index (χ1v) is 8.49. The van der Waals surface area contributed by atoms with Gasteiger partial charge in [-0.1, -0.05) is 48.5 Å². The van der Waals surface area contributed by atoms with E-state index in [1.165, 1.54) is 0 Å². The molecule has 2 aromatic carbocycles. The summed E-state index contributed by atoms with van der Waals surface area (Å²) in [5, 5.41) is 3.80. The first kappa shape index (κ1) is 16.1. The predicted molar refractivity (Wildman–Crippen MR) is 102 cm³/mol. The van der Waals surface area contributed by atoms with Gasteiger partial charge in [-0.2, -0.15) is 0 Å². The molecule has 0 aliphatic heterocycles. The summed E-state index contributed by atoms with van der Waals surface area (Å²) in [6.45, 7) is 2.30. The van der Waals surface area contributed by atoms with Crippen LogP contribution in [0.25, 0.3) is 22.2 Å². The zero-order valence-electron chi connectivity index (χ0n) is 14.4. The van der Waals surface area contributed by atoms with Crippen LogP contribution >= 0.6 is 0 Å². The Labute approximate surface area is 151 Å². The molecule has 128 valence electrons. The Morgan fingerprint density at radius 1 is 1.00 bits per heavy atom. The summed E-state index contributed by atoms with van der Waals surface area (Å²) < 4.78 is 5.30. The van der Waals surface area contributed by atoms with Gasteiger partial charge >= 0.3 is 0 Å². The van der Waals surface area contributed by atoms with Crippen molar-refractivity contribution < 1.29 is 9.21 Å². The molecule has 4 nitrogen and oxygen atoms in total. The van der Waals surface area contributed by atoms with Gasteiger partial charge in [0.05, 0.1) is 29.6 Å². The maximum atomic E-state index is 13.0. The minimum atomic E-state index is -0.130. The summed E-state index contributed by atoms with van der Waals surface area (Å²) in [6, 6.07) is 21.3. The van der Waals surface area contributed by atoms with Gasteiger partial charge in [0.25, 0.3) is 5.91 Å². The Hall–Kier alpha value is -3.40. The minimum absolute atomic E-state index is 0.130. The van der Waals surface area contributed by atoms with E-state index in [-0.39, 0.29) is 5.91 Å². The molecular formula is C22H18N2O2. The zero-order valence-corrected chi connectivity index (χ0v) is 14.4. The number of pyridine rings is 1. The van der Waals surface area contributed by atoms with Gasteiger partial charge in [-0.25, -0.2) is 4.98 Å². The number of carbonyl (C=O) groups excluding carboxylic acids is 1. The molecule has 4 heteroatoms. The maximum absolute atomic E-state index is 13.0. The Morgan fingerprint density at radius 2 is 1.77 bits per heavy atom. The molecule has 2 aromatic heterocycles. The predicted octanol–water partition coefficient (Wildman–Crippen LogP) is 4.73. The summed E-state index contributed by atoms with van der Waals surface area (Å²) in [7, 11) is 0. The number of benzene rings is 2. The standard InChI is InChI=1S/C22H18N2O2/c1-15-20(22(25)23-14-17-10-7-13-26-17)18-11-5-6-12-19(18)24-21(15)16-8-3-2-4-9-16/h2-13H,14H2,1H3,(H,23,25). The lowest BCUT2D eigenvalue weighted by Gasteiger charge is -2.14. The summed E-state index contributed by atoms with van der Waals surface area (Å²) in [6.07, 6.45) is 1.60. The van der Waals surface area contributed by atoms with Gasteiger partial charge in [-0.15, -0.1) is 0 Å². The number of rotatable bonds is 4. The molecule has 0 aliphatic carbocycles. The number of amides is 1. The third-order valence-corrected chi connectivity index (χ3v) is 4.41. The highest BCUT2D eigenvalue weighted by atomic mass is 16.3. The zero-order chi connectivity index (χ0) is 17.9. The molecule has 4 rings (SSSR count). The molecule has 0 saturated carbocycles. The largest absolute Gasteiger partial charge is 0.467 e. The van der Waals surface area contributed by atoms with Crippen LogP contribution in [0.5, 0.6) is 0 Å². The second kappa shape index (κ2) is 6.84. The molecular weight excluding hydrogens is 324 g/mol. The summed E-state index contributed by atoms with van der Waals surface area (Å²) in [5.74, 6) is 0.590. The van der Waals surface area contributed by atoms with E-state index in [0.717, 1.165) is 33.5 Å². The van der Waals surface area contributed by atoms with Crippen LogP contribution in [0.4, 0.5) is 0 Å². The van der Waals surface area contributed by atoms with E-state index in [4.69, 9.17) is 9.40 Å². The van der Waals surface area contributed by atoms with Crippen molar-refractivity contribution in [1.82, 2.24) is 10.3 Å². The number of para-hydroxylation sites is 1. The first-order valence-electron chi connectivity index (χ1n) is 8.49. The lowest BCUT2D eigenvalue weighted by Crippen LogP contribution is -2.24. The maximum Gasteiger partial charge on any atom is 0.252 e. The fourth-order valence-electron chi connectivity index (χ4n) is 3.15. The van der Waals surface area contributed by atoms with Gasteiger partial charge in [-0.3, -0.25) is 4.79 Å². The topological polar surface area (TPSA) is 55.1 Å². The SMILES string of the molecule is Cc1c(-c2ccccc2)nc2ccccc2c1C(=O)NCc1ccco1. The van der Waals surface area contributed by atoms with Crippen LogP contribution in [0.2, 0.25) is 0 Å². The Balaban J connectivity index is 1.81. The van der Waals surface area contributed by atoms with Crippen LogP contribution in [0.15, 0.2) is 77.4 Å². The first-order chi connectivity index (χ1) is 12.7. The van der Waals surface area contributed by atoms with Crippen molar-refractivity contribution in [2.75, 3.05) is 0 Å². The summed E-state index contributed by atoms with van der Waals surface area (Å²) >= 11 is 0. The van der Waals surface area contributed by atoms with Gasteiger partial charge in [0.2, 0.25) is 0 Å². The van der Waals surface area contributed by atoms with E-state index < -0.39 is 0 Å². The van der Waals surface area contributed by atoms with Gasteiger partial charge in [0.15, 0.2) is 0 Å². The number of nitrogens with one attached hydrogen (secondary N) is 1. The molecule has 2 heterocycles. The van der Waals surface area contributed by atoms with Crippen molar-refractivity contribution in [1.29, 1.82) is 0 Å². The highest BCUT2D eigenvalue weighted by molar-refractivity contribution is 6.08. The molecule has 0 unspecified atom stereocenters. The van der Waals surface area contributed by atoms with Crippen LogP contribution in [0.3, 0.4) is 0 Å². The summed E-state index contributed by atoms with van der Waals surface area (Å²) in [4.78, 5) is 17.8. The number of aromatic nitrogens is 1. The second-order valence-electron chi connectivity index (χ2n) is 6.11. The normalized spacial score (nSPS) is 10.8. The fourth-order valence-corrected chi connectivity index (χ4v) is 3.15. The van der Waals surface area contributed by atoms with Crippen molar-refractivity contribution in [2.24, 2.45) is 0 Å². The van der Waals surface area contributed by atoms with Crippen LogP contribution in [0.1, 0.15) is 21.7 Å². The Morgan fingerprint density at radius 3 is 2.54 bits per heavy atom. The lowest BCUT2D eigenvalue weighted by molar-refractivity contribution is 0.0949. The monoisotopic (exact) mass is 342 g/mol. The summed E-state index contributed by atoms with van der Waals surface area (Å²) in [5.41, 5.74) is 4.15. The lowest BCUT2D eigenvalue weighted by atomic mass is 9.97. The molecule has 0 saturated heterocycles. The molecule has 26 heavy (non-hydrogen) atoms. The highest BCUT2D eigenvalue weighted by Gasteiger charge is 2.18. The van der Waals surface area contributed by atoms with E-state index in [1.807, 2.05) is 73.7 Å². The average molecular weight is 342 g/mol. The number of carbonyl (C=O) groups is 1. The minimum Gasteiger partial charge on any atom is -0.467 e. The smallest absolute Gasteiger partial charge is 0.252 e. The molecule has 0 fully saturated rings. The molecule has 0 spiro atoms. The Kier molecular flexibility index (Phi) is 4.23. The van der Waals surface area contributed by atoms with Crippen LogP contribution in [0, 0.1) is 6.92 Å². The third-order valence-electron chi connectivity index (χ3n) is 4.41. The number of nitrogens with zero attached hydrogens (tertiary/aromatic N) is 1. The van der Waals surface area contributed by atoms with Crippen molar-refractivity contribution in [3.63, 3.8) is 0 Å². The number of furan rings is 1. The third kappa shape index (κ3) is 2.97. The molecule has 0 atom stereocenters. The van der Waals surface area contributed by atoms with E-state index in [0.29, 0.717) is 12.1 Å². The molecule has 1 N–H and O–H groups in total. The van der Waals surface area contributed by atoms with Crippen LogP contribution in [-0.4, -0.2) is 10.9 Å². The Bertz CT molecular complexity index is 1050. The van der Waals surface area contributed by atoms with Gasteiger partial charge in [-0.05, 0) is 30.7 Å². The van der Waals surface area contributed by atoms with Gasteiger partial charge in [0, 0.05) is 10.9 Å². The second-order valence-corrected chi connectivity index (χ2v) is 6.11. The molecule has 1 amide bonds. The van der Waals surface area contributed by atoms with Crippen molar-refractivity contribution >= 4 is 16.8 Å². The van der Waals surface area contributed by atoms with Crippen LogP contribution < -0.4 is 5.32 Å². The molecule has 4 aromatic rings. The van der Waals surface area contributed by atoms with Gasteiger partial charge in [0.1, 0.15) is 5.76 Å². The van der Waals surface area contributed by atoms with Crippen LogP contribution in [-0.2, 0) is 6.54 Å². The number of hydrogen-bond donors (Lipinski definition) is 1. The van der Waals surface area contributed by atoms with Crippen molar-refractivity contribution in [3.05, 3.63) is 89.9 Å². The number of hydrogen-bond acceptors (Lipinski definition) is 3. The molecule has 0 bridgehead atoms. The quantitative estimate of drug-likeness (QED) is 0.583. The van der Waals surface area contributed by atoms with E-state index in [9.17, 15) is 4.79 Å². The van der Waals surface area contributed by atoms with Crippen molar-refractivity contribution in [2.45, 2.75) is 13.5 Å². The van der Waals surface area contributed by atoms with Gasteiger partial charge < -0.3 is 9.73 Å². The fraction of sp³-hybridized carbons (Fsp3) is 0.0909.